The Balaban J connectivity index is 2.12. The summed E-state index contributed by atoms with van der Waals surface area (Å²) in [5, 5.41) is 10.8. The first-order chi connectivity index (χ1) is 3.39. The molecular formula is C5H10NO. The minimum absolute atomic E-state index is 0.409. The second-order valence-electron chi connectivity index (χ2n) is 1.92. The molecule has 1 saturated heterocycles. The average Bonchev–Trinajstić information content (AvgIpc) is 1.69. The van der Waals surface area contributed by atoms with Gasteiger partial charge in [-0.25, -0.2) is 0 Å². The van der Waals surface area contributed by atoms with Crippen molar-refractivity contribution in [3.63, 3.8) is 0 Å². The third-order valence-electron chi connectivity index (χ3n) is 1.24. The van der Waals surface area contributed by atoms with Gasteiger partial charge in [0.05, 0.1) is 13.1 Å². The monoisotopic (exact) mass is 100 g/mol. The summed E-state index contributed by atoms with van der Waals surface area (Å²) in [5.74, 6) is 0. The van der Waals surface area contributed by atoms with Gasteiger partial charge in [-0.05, 0) is 12.8 Å². The van der Waals surface area contributed by atoms with Crippen LogP contribution in [0.3, 0.4) is 0 Å². The van der Waals surface area contributed by atoms with Gasteiger partial charge in [-0.1, -0.05) is 0 Å². The zero-order valence-electron chi connectivity index (χ0n) is 4.31. The van der Waals surface area contributed by atoms with Crippen molar-refractivity contribution in [1.82, 2.24) is 0 Å². The highest BCUT2D eigenvalue weighted by Crippen LogP contribution is 1.91. The lowest BCUT2D eigenvalue weighted by Gasteiger charge is -2.25. The number of hydrogen-bond donors (Lipinski definition) is 1. The molecule has 1 atom stereocenters. The van der Waals surface area contributed by atoms with Crippen molar-refractivity contribution >= 4 is 0 Å². The molecule has 0 aromatic rings. The Kier molecular flexibility index (Phi) is 1.65. The Hall–Kier alpha value is -0.0800. The normalized spacial score (nSPS) is 25.3. The van der Waals surface area contributed by atoms with Crippen LogP contribution >= 0.6 is 0 Å². The molecule has 1 heterocycles. The van der Waals surface area contributed by atoms with E-state index in [0.717, 1.165) is 25.9 Å². The number of quaternary nitrogens is 1. The van der Waals surface area contributed by atoms with Crippen LogP contribution in [0.25, 0.3) is 0 Å². The molecule has 41 valence electrons. The highest BCUT2D eigenvalue weighted by Gasteiger charge is 2.03. The molecule has 1 rings (SSSR count). The van der Waals surface area contributed by atoms with Crippen molar-refractivity contribution in [2.24, 2.45) is 0 Å². The number of hydrogen-bond acceptors (Lipinski definition) is 1. The van der Waals surface area contributed by atoms with Crippen molar-refractivity contribution in [2.75, 3.05) is 13.1 Å². The summed E-state index contributed by atoms with van der Waals surface area (Å²) in [4.78, 5) is 0. The molecule has 0 spiro atoms. The maximum absolute atomic E-state index is 10.4. The van der Waals surface area contributed by atoms with Gasteiger partial charge in [0, 0.05) is 6.42 Å². The van der Waals surface area contributed by atoms with Crippen molar-refractivity contribution < 1.29 is 5.06 Å². The summed E-state index contributed by atoms with van der Waals surface area (Å²) < 4.78 is 0. The minimum atomic E-state index is 0.409. The van der Waals surface area contributed by atoms with E-state index in [1.807, 2.05) is 0 Å². The highest BCUT2D eigenvalue weighted by molar-refractivity contribution is 4.65. The topological polar surface area (TPSA) is 27.5 Å². The quantitative estimate of drug-likeness (QED) is 0.403. The van der Waals surface area contributed by atoms with Crippen molar-refractivity contribution in [1.29, 1.82) is 0 Å². The Morgan fingerprint density at radius 1 is 1.57 bits per heavy atom. The fourth-order valence-corrected chi connectivity index (χ4v) is 0.809. The van der Waals surface area contributed by atoms with Crippen LogP contribution in [0.1, 0.15) is 12.8 Å². The molecule has 1 N–H and O–H groups in total. The standard InChI is InChI=1S/C5H10NO/c7-6-4-2-1-3-5-6/h2,6H,1,3-5H2. The summed E-state index contributed by atoms with van der Waals surface area (Å²) in [6.07, 6.45) is 4.29. The second-order valence-corrected chi connectivity index (χ2v) is 1.92. The fourth-order valence-electron chi connectivity index (χ4n) is 0.809. The summed E-state index contributed by atoms with van der Waals surface area (Å²) in [6, 6.07) is 0. The molecule has 1 aliphatic rings. The van der Waals surface area contributed by atoms with E-state index in [-0.39, 0.29) is 0 Å². The maximum Gasteiger partial charge on any atom is 0.0801 e. The molecule has 2 nitrogen and oxygen atoms in total. The van der Waals surface area contributed by atoms with E-state index < -0.39 is 0 Å². The van der Waals surface area contributed by atoms with Gasteiger partial charge in [0.1, 0.15) is 0 Å². The molecule has 0 amide bonds. The van der Waals surface area contributed by atoms with E-state index in [0.29, 0.717) is 5.06 Å². The van der Waals surface area contributed by atoms with Crippen molar-refractivity contribution in [2.45, 2.75) is 12.8 Å². The number of rotatable bonds is 0. The van der Waals surface area contributed by atoms with E-state index in [4.69, 9.17) is 0 Å². The van der Waals surface area contributed by atoms with Crippen LogP contribution in [0.2, 0.25) is 0 Å². The molecule has 1 aliphatic heterocycles. The van der Waals surface area contributed by atoms with Gasteiger partial charge in [0.2, 0.25) is 0 Å². The van der Waals surface area contributed by atoms with E-state index in [1.165, 1.54) is 0 Å². The Morgan fingerprint density at radius 2 is 2.43 bits per heavy atom. The lowest BCUT2D eigenvalue weighted by molar-refractivity contribution is -0.847. The number of piperidine rings is 1. The second kappa shape index (κ2) is 2.28. The maximum atomic E-state index is 10.4. The molecule has 0 aromatic carbocycles. The summed E-state index contributed by atoms with van der Waals surface area (Å²) in [7, 11) is 0. The van der Waals surface area contributed by atoms with Gasteiger partial charge in [-0.3, -0.25) is 0 Å². The molecule has 2 heteroatoms. The molecule has 1 radical (unpaired) electrons. The smallest absolute Gasteiger partial charge is 0.0801 e. The summed E-state index contributed by atoms with van der Waals surface area (Å²) in [6.45, 7) is 1.54. The first-order valence-corrected chi connectivity index (χ1v) is 2.73. The molecule has 0 aromatic heterocycles. The number of nitrogens with one attached hydrogen (secondary N) is 1. The van der Waals surface area contributed by atoms with Gasteiger partial charge in [0.25, 0.3) is 0 Å². The van der Waals surface area contributed by atoms with E-state index in [1.54, 1.807) is 0 Å². The van der Waals surface area contributed by atoms with Gasteiger partial charge in [0.15, 0.2) is 0 Å². The van der Waals surface area contributed by atoms with Gasteiger partial charge in [-0.2, -0.15) is 0 Å². The first kappa shape index (κ1) is 5.06. The third-order valence-corrected chi connectivity index (χ3v) is 1.24. The molecule has 1 unspecified atom stereocenters. The zero-order chi connectivity index (χ0) is 5.11. The summed E-state index contributed by atoms with van der Waals surface area (Å²) >= 11 is 0. The third kappa shape index (κ3) is 1.45. The molecular weight excluding hydrogens is 90.1 g/mol. The first-order valence-electron chi connectivity index (χ1n) is 2.73. The Bertz CT molecular complexity index is 50.0. The number of hydroxylamine groups is 2. The SMILES string of the molecule is [O-][NH+]1C[CH]CCC1. The largest absolute Gasteiger partial charge is 0.634 e. The molecule has 0 bridgehead atoms. The van der Waals surface area contributed by atoms with Crippen LogP contribution in [0.5, 0.6) is 0 Å². The Morgan fingerprint density at radius 3 is 2.71 bits per heavy atom. The highest BCUT2D eigenvalue weighted by atomic mass is 16.5. The average molecular weight is 100 g/mol. The Labute approximate surface area is 43.7 Å². The predicted molar refractivity (Wildman–Crippen MR) is 27.6 cm³/mol. The minimum Gasteiger partial charge on any atom is -0.634 e. The van der Waals surface area contributed by atoms with Crippen LogP contribution in [0.15, 0.2) is 0 Å². The van der Waals surface area contributed by atoms with Gasteiger partial charge < -0.3 is 10.3 Å². The van der Waals surface area contributed by atoms with Crippen molar-refractivity contribution in [3.05, 3.63) is 11.6 Å². The van der Waals surface area contributed by atoms with Gasteiger partial charge in [-0.15, -0.1) is 0 Å². The zero-order valence-corrected chi connectivity index (χ0v) is 4.31. The molecule has 7 heavy (non-hydrogen) atoms. The van der Waals surface area contributed by atoms with Crippen molar-refractivity contribution in [3.8, 4) is 0 Å². The van der Waals surface area contributed by atoms with Crippen LogP contribution in [0.4, 0.5) is 0 Å². The van der Waals surface area contributed by atoms with Crippen LogP contribution in [-0.4, -0.2) is 13.1 Å². The molecule has 1 fully saturated rings. The molecule has 0 saturated carbocycles. The fraction of sp³-hybridized carbons (Fsp3) is 0.800. The van der Waals surface area contributed by atoms with Crippen LogP contribution in [-0.2, 0) is 0 Å². The van der Waals surface area contributed by atoms with Crippen LogP contribution in [0, 0.1) is 11.6 Å². The molecule has 0 aliphatic carbocycles. The van der Waals surface area contributed by atoms with E-state index in [2.05, 4.69) is 6.42 Å². The van der Waals surface area contributed by atoms with Crippen LogP contribution < -0.4 is 5.06 Å². The van der Waals surface area contributed by atoms with E-state index >= 15 is 0 Å². The lowest BCUT2D eigenvalue weighted by Crippen LogP contribution is -3.08. The van der Waals surface area contributed by atoms with Gasteiger partial charge >= 0.3 is 0 Å². The predicted octanol–water partition coefficient (Wildman–Crippen LogP) is -0.633. The lowest BCUT2D eigenvalue weighted by atomic mass is 10.2. The summed E-state index contributed by atoms with van der Waals surface area (Å²) in [5.41, 5.74) is 0. The van der Waals surface area contributed by atoms with E-state index in [9.17, 15) is 5.21 Å².